The third kappa shape index (κ3) is 2.81. The minimum atomic E-state index is -0.429. The van der Waals surface area contributed by atoms with Crippen LogP contribution in [0.5, 0.6) is 0 Å². The van der Waals surface area contributed by atoms with Crippen LogP contribution in [0.3, 0.4) is 0 Å². The molecule has 0 bridgehead atoms. The number of aromatic nitrogens is 4. The van der Waals surface area contributed by atoms with Gasteiger partial charge in [0.25, 0.3) is 0 Å². The van der Waals surface area contributed by atoms with Gasteiger partial charge in [-0.3, -0.25) is 5.10 Å². The standard InChI is InChI=1S/C12H17FN6/c1-8-9(5-15-17-8)7-19(4)12-14-6-10(13)11(16-12)18(2)3/h5-6H,7H2,1-4H3,(H,15,17). The Morgan fingerprint density at radius 3 is 2.58 bits per heavy atom. The molecule has 0 amide bonds. The predicted octanol–water partition coefficient (Wildman–Crippen LogP) is 1.35. The van der Waals surface area contributed by atoms with Gasteiger partial charge in [0.2, 0.25) is 5.95 Å². The lowest BCUT2D eigenvalue weighted by atomic mass is 10.2. The molecule has 1 N–H and O–H groups in total. The van der Waals surface area contributed by atoms with Crippen LogP contribution in [0.2, 0.25) is 0 Å². The number of nitrogens with one attached hydrogen (secondary N) is 1. The zero-order chi connectivity index (χ0) is 14.0. The van der Waals surface area contributed by atoms with Gasteiger partial charge in [-0.15, -0.1) is 0 Å². The van der Waals surface area contributed by atoms with E-state index in [2.05, 4.69) is 20.2 Å². The van der Waals surface area contributed by atoms with Crippen molar-refractivity contribution in [2.24, 2.45) is 0 Å². The average Bonchev–Trinajstić information content (AvgIpc) is 2.75. The first-order valence-corrected chi connectivity index (χ1v) is 5.89. The zero-order valence-electron chi connectivity index (χ0n) is 11.5. The molecular weight excluding hydrogens is 247 g/mol. The Kier molecular flexibility index (Phi) is 3.64. The second-order valence-corrected chi connectivity index (χ2v) is 4.61. The van der Waals surface area contributed by atoms with Crippen molar-refractivity contribution in [1.82, 2.24) is 20.2 Å². The highest BCUT2D eigenvalue weighted by molar-refractivity contribution is 5.43. The van der Waals surface area contributed by atoms with Crippen LogP contribution in [-0.4, -0.2) is 41.3 Å². The largest absolute Gasteiger partial charge is 0.360 e. The molecule has 2 rings (SSSR count). The SMILES string of the molecule is Cc1[nH]ncc1CN(C)c1ncc(F)c(N(C)C)n1. The molecule has 7 heteroatoms. The van der Waals surface area contributed by atoms with E-state index in [0.29, 0.717) is 12.5 Å². The minimum absolute atomic E-state index is 0.278. The van der Waals surface area contributed by atoms with Gasteiger partial charge in [0.05, 0.1) is 12.4 Å². The number of aryl methyl sites for hydroxylation is 1. The molecule has 0 atom stereocenters. The lowest BCUT2D eigenvalue weighted by molar-refractivity contribution is 0.610. The lowest BCUT2D eigenvalue weighted by Gasteiger charge is -2.19. The molecule has 2 aromatic rings. The summed E-state index contributed by atoms with van der Waals surface area (Å²) >= 11 is 0. The summed E-state index contributed by atoms with van der Waals surface area (Å²) in [6.45, 7) is 2.56. The minimum Gasteiger partial charge on any atom is -0.360 e. The topological polar surface area (TPSA) is 60.9 Å². The monoisotopic (exact) mass is 264 g/mol. The average molecular weight is 264 g/mol. The summed E-state index contributed by atoms with van der Waals surface area (Å²) < 4.78 is 13.5. The molecule has 0 saturated heterocycles. The number of nitrogens with zero attached hydrogens (tertiary/aromatic N) is 5. The summed E-state index contributed by atoms with van der Waals surface area (Å²) in [4.78, 5) is 11.7. The Hall–Kier alpha value is -2.18. The van der Waals surface area contributed by atoms with Crippen molar-refractivity contribution in [2.45, 2.75) is 13.5 Å². The van der Waals surface area contributed by atoms with Gasteiger partial charge in [0.1, 0.15) is 0 Å². The summed E-state index contributed by atoms with van der Waals surface area (Å²) in [5, 5.41) is 6.85. The van der Waals surface area contributed by atoms with Gasteiger partial charge in [0.15, 0.2) is 11.6 Å². The third-order valence-electron chi connectivity index (χ3n) is 2.82. The number of hydrogen-bond acceptors (Lipinski definition) is 5. The number of halogens is 1. The van der Waals surface area contributed by atoms with Crippen LogP contribution in [-0.2, 0) is 6.54 Å². The van der Waals surface area contributed by atoms with Crippen molar-refractivity contribution in [2.75, 3.05) is 30.9 Å². The summed E-state index contributed by atoms with van der Waals surface area (Å²) in [6.07, 6.45) is 2.96. The van der Waals surface area contributed by atoms with Gasteiger partial charge < -0.3 is 9.80 Å². The lowest BCUT2D eigenvalue weighted by Crippen LogP contribution is -2.21. The first-order valence-electron chi connectivity index (χ1n) is 5.89. The van der Waals surface area contributed by atoms with Gasteiger partial charge >= 0.3 is 0 Å². The molecule has 0 saturated carbocycles. The van der Waals surface area contributed by atoms with Crippen LogP contribution in [0.15, 0.2) is 12.4 Å². The number of rotatable bonds is 4. The van der Waals surface area contributed by atoms with Crippen molar-refractivity contribution >= 4 is 11.8 Å². The molecule has 102 valence electrons. The van der Waals surface area contributed by atoms with Gasteiger partial charge in [-0.1, -0.05) is 0 Å². The Bertz CT molecular complexity index is 565. The van der Waals surface area contributed by atoms with E-state index >= 15 is 0 Å². The van der Waals surface area contributed by atoms with Crippen LogP contribution in [0.25, 0.3) is 0 Å². The van der Waals surface area contributed by atoms with Crippen molar-refractivity contribution < 1.29 is 4.39 Å². The van der Waals surface area contributed by atoms with E-state index in [9.17, 15) is 4.39 Å². The van der Waals surface area contributed by atoms with Gasteiger partial charge in [-0.05, 0) is 6.92 Å². The Balaban J connectivity index is 2.22. The highest BCUT2D eigenvalue weighted by Crippen LogP contribution is 2.18. The molecular formula is C12H17FN6. The van der Waals surface area contributed by atoms with Crippen LogP contribution in [0.1, 0.15) is 11.3 Å². The van der Waals surface area contributed by atoms with Crippen molar-refractivity contribution in [3.05, 3.63) is 29.5 Å². The van der Waals surface area contributed by atoms with Crippen molar-refractivity contribution in [3.63, 3.8) is 0 Å². The molecule has 0 spiro atoms. The number of anilines is 2. The maximum Gasteiger partial charge on any atom is 0.227 e. The first kappa shape index (κ1) is 13.3. The summed E-state index contributed by atoms with van der Waals surface area (Å²) in [5.41, 5.74) is 2.06. The van der Waals surface area contributed by atoms with Gasteiger partial charge in [0, 0.05) is 38.9 Å². The Morgan fingerprint density at radius 1 is 1.26 bits per heavy atom. The van der Waals surface area contributed by atoms with E-state index in [0.717, 1.165) is 11.3 Å². The van der Waals surface area contributed by atoms with Crippen LogP contribution >= 0.6 is 0 Å². The van der Waals surface area contributed by atoms with E-state index in [-0.39, 0.29) is 5.82 Å². The normalized spacial score (nSPS) is 10.6. The molecule has 2 heterocycles. The maximum absolute atomic E-state index is 13.5. The number of aromatic amines is 1. The Labute approximate surface area is 111 Å². The fourth-order valence-corrected chi connectivity index (χ4v) is 1.71. The molecule has 0 fully saturated rings. The van der Waals surface area contributed by atoms with E-state index in [1.807, 2.05) is 18.9 Å². The molecule has 0 radical (unpaired) electrons. The molecule has 19 heavy (non-hydrogen) atoms. The van der Waals surface area contributed by atoms with E-state index in [1.54, 1.807) is 25.2 Å². The van der Waals surface area contributed by atoms with Crippen molar-refractivity contribution in [3.8, 4) is 0 Å². The van der Waals surface area contributed by atoms with E-state index in [4.69, 9.17) is 0 Å². The molecule has 2 aromatic heterocycles. The smallest absolute Gasteiger partial charge is 0.227 e. The Morgan fingerprint density at radius 2 is 2.00 bits per heavy atom. The summed E-state index contributed by atoms with van der Waals surface area (Å²) in [6, 6.07) is 0. The van der Waals surface area contributed by atoms with E-state index in [1.165, 1.54) is 6.20 Å². The fourth-order valence-electron chi connectivity index (χ4n) is 1.71. The summed E-state index contributed by atoms with van der Waals surface area (Å²) in [7, 11) is 5.35. The zero-order valence-corrected chi connectivity index (χ0v) is 11.5. The van der Waals surface area contributed by atoms with Crippen LogP contribution < -0.4 is 9.80 Å². The highest BCUT2D eigenvalue weighted by atomic mass is 19.1. The molecule has 6 nitrogen and oxygen atoms in total. The first-order chi connectivity index (χ1) is 8.99. The van der Waals surface area contributed by atoms with Crippen molar-refractivity contribution in [1.29, 1.82) is 0 Å². The second kappa shape index (κ2) is 5.21. The fraction of sp³-hybridized carbons (Fsp3) is 0.417. The third-order valence-corrected chi connectivity index (χ3v) is 2.82. The second-order valence-electron chi connectivity index (χ2n) is 4.61. The molecule has 0 aliphatic heterocycles. The highest BCUT2D eigenvalue weighted by Gasteiger charge is 2.13. The quantitative estimate of drug-likeness (QED) is 0.903. The summed E-state index contributed by atoms with van der Waals surface area (Å²) in [5.74, 6) is 0.327. The molecule has 0 unspecified atom stereocenters. The molecule has 0 aromatic carbocycles. The number of hydrogen-bond donors (Lipinski definition) is 1. The van der Waals surface area contributed by atoms with Crippen LogP contribution in [0.4, 0.5) is 16.2 Å². The number of H-pyrrole nitrogens is 1. The van der Waals surface area contributed by atoms with E-state index < -0.39 is 5.82 Å². The van der Waals surface area contributed by atoms with Crippen LogP contribution in [0, 0.1) is 12.7 Å². The predicted molar refractivity (Wildman–Crippen MR) is 71.7 cm³/mol. The molecule has 0 aliphatic carbocycles. The van der Waals surface area contributed by atoms with Gasteiger partial charge in [-0.2, -0.15) is 10.1 Å². The maximum atomic E-state index is 13.5. The van der Waals surface area contributed by atoms with Gasteiger partial charge in [-0.25, -0.2) is 9.37 Å². The molecule has 0 aliphatic rings.